The maximum absolute atomic E-state index is 11.2. The summed E-state index contributed by atoms with van der Waals surface area (Å²) in [6, 6.07) is 4.51. The molecule has 0 aliphatic rings. The van der Waals surface area contributed by atoms with Gasteiger partial charge in [0, 0.05) is 18.2 Å². The van der Waals surface area contributed by atoms with E-state index in [0.29, 0.717) is 5.69 Å². The van der Waals surface area contributed by atoms with E-state index in [1.165, 1.54) is 30.6 Å². The lowest BCUT2D eigenvalue weighted by molar-refractivity contribution is -0.128. The van der Waals surface area contributed by atoms with Crippen molar-refractivity contribution in [3.8, 4) is 0 Å². The minimum Gasteiger partial charge on any atom is -0.366 e. The predicted molar refractivity (Wildman–Crippen MR) is 62.9 cm³/mol. The minimum atomic E-state index is -0.719. The first kappa shape index (κ1) is 13.7. The lowest BCUT2D eigenvalue weighted by Gasteiger charge is -2.12. The molecule has 5 N–H and O–H groups in total. The van der Waals surface area contributed by atoms with Crippen molar-refractivity contribution >= 4 is 23.4 Å². The van der Waals surface area contributed by atoms with E-state index in [0.717, 1.165) is 0 Å². The number of carbonyl (C=O) groups is 3. The fourth-order valence-electron chi connectivity index (χ4n) is 1.51. The first-order valence-corrected chi connectivity index (χ1v) is 5.08. The molecule has 1 aromatic rings. The minimum absolute atomic E-state index is 0.116. The van der Waals surface area contributed by atoms with Crippen LogP contribution in [-0.4, -0.2) is 22.9 Å². The lowest BCUT2D eigenvalue weighted by atomic mass is 10.0. The largest absolute Gasteiger partial charge is 0.366 e. The average molecular weight is 251 g/mol. The Morgan fingerprint density at radius 3 is 2.50 bits per heavy atom. The van der Waals surface area contributed by atoms with Crippen LogP contribution >= 0.6 is 0 Å². The van der Waals surface area contributed by atoms with Gasteiger partial charge in [-0.3, -0.25) is 19.6 Å². The number of amides is 3. The van der Waals surface area contributed by atoms with E-state index in [2.05, 4.69) is 5.32 Å². The van der Waals surface area contributed by atoms with E-state index in [9.17, 15) is 14.4 Å². The first-order chi connectivity index (χ1) is 8.45. The van der Waals surface area contributed by atoms with Gasteiger partial charge in [-0.15, -0.1) is 0 Å². The molecule has 1 rings (SSSR count). The number of rotatable bonds is 4. The molecule has 0 radical (unpaired) electrons. The normalized spacial score (nSPS) is 9.67. The molecule has 0 saturated heterocycles. The zero-order valence-electron chi connectivity index (χ0n) is 9.69. The number of carbonyl (C=O) groups excluding carboxylic acids is 3. The van der Waals surface area contributed by atoms with Crippen molar-refractivity contribution in [3.63, 3.8) is 0 Å². The van der Waals surface area contributed by atoms with Gasteiger partial charge in [-0.25, -0.2) is 5.48 Å². The van der Waals surface area contributed by atoms with Crippen molar-refractivity contribution in [2.24, 2.45) is 5.73 Å². The molecule has 18 heavy (non-hydrogen) atoms. The van der Waals surface area contributed by atoms with E-state index in [4.69, 9.17) is 10.9 Å². The second-order valence-corrected chi connectivity index (χ2v) is 3.59. The monoisotopic (exact) mass is 251 g/mol. The highest BCUT2D eigenvalue weighted by atomic mass is 16.5. The molecule has 96 valence electrons. The highest BCUT2D eigenvalue weighted by Gasteiger charge is 2.16. The summed E-state index contributed by atoms with van der Waals surface area (Å²) in [7, 11) is 0. The molecule has 0 spiro atoms. The molecular weight excluding hydrogens is 238 g/mol. The van der Waals surface area contributed by atoms with Crippen LogP contribution in [0.25, 0.3) is 0 Å². The lowest BCUT2D eigenvalue weighted by Crippen LogP contribution is -2.24. The molecule has 7 nitrogen and oxygen atoms in total. The Balaban J connectivity index is 3.24. The molecule has 0 aliphatic heterocycles. The van der Waals surface area contributed by atoms with Crippen LogP contribution in [0.2, 0.25) is 0 Å². The van der Waals surface area contributed by atoms with E-state index >= 15 is 0 Å². The molecule has 0 atom stereocenters. The Morgan fingerprint density at radius 1 is 1.33 bits per heavy atom. The number of primary amides is 1. The van der Waals surface area contributed by atoms with Crippen molar-refractivity contribution < 1.29 is 19.6 Å². The van der Waals surface area contributed by atoms with Gasteiger partial charge in [-0.1, -0.05) is 6.07 Å². The van der Waals surface area contributed by atoms with Gasteiger partial charge >= 0.3 is 0 Å². The first-order valence-electron chi connectivity index (χ1n) is 5.08. The van der Waals surface area contributed by atoms with Gasteiger partial charge in [0.25, 0.3) is 0 Å². The molecule has 0 bridgehead atoms. The Bertz CT molecular complexity index is 499. The Morgan fingerprint density at radius 2 is 2.00 bits per heavy atom. The highest BCUT2D eigenvalue weighted by molar-refractivity contribution is 5.99. The molecule has 1 aromatic carbocycles. The van der Waals surface area contributed by atoms with Crippen molar-refractivity contribution in [3.05, 3.63) is 29.3 Å². The number of anilines is 1. The van der Waals surface area contributed by atoms with Crippen LogP contribution in [-0.2, 0) is 16.0 Å². The van der Waals surface area contributed by atoms with Gasteiger partial charge in [0.05, 0.1) is 6.42 Å². The number of hydroxylamine groups is 1. The zero-order valence-corrected chi connectivity index (χ0v) is 9.69. The van der Waals surface area contributed by atoms with Crippen LogP contribution < -0.4 is 16.5 Å². The van der Waals surface area contributed by atoms with Crippen LogP contribution in [0.1, 0.15) is 22.8 Å². The summed E-state index contributed by atoms with van der Waals surface area (Å²) in [4.78, 5) is 33.4. The number of nitrogens with two attached hydrogens (primary N) is 1. The second-order valence-electron chi connectivity index (χ2n) is 3.59. The summed E-state index contributed by atoms with van der Waals surface area (Å²) in [6.07, 6.45) is -0.273. The third-order valence-electron chi connectivity index (χ3n) is 2.21. The van der Waals surface area contributed by atoms with Crippen molar-refractivity contribution in [2.75, 3.05) is 5.32 Å². The van der Waals surface area contributed by atoms with Gasteiger partial charge < -0.3 is 11.1 Å². The molecular formula is C11H13N3O4. The molecule has 0 aliphatic carbocycles. The summed E-state index contributed by atoms with van der Waals surface area (Å²) in [6.45, 7) is 1.30. The zero-order chi connectivity index (χ0) is 13.7. The van der Waals surface area contributed by atoms with Gasteiger partial charge in [0.2, 0.25) is 17.7 Å². The summed E-state index contributed by atoms with van der Waals surface area (Å²) in [5.74, 6) is -1.78. The Kier molecular flexibility index (Phi) is 4.39. The van der Waals surface area contributed by atoms with Gasteiger partial charge in [-0.2, -0.15) is 0 Å². The molecule has 0 unspecified atom stereocenters. The quantitative estimate of drug-likeness (QED) is 0.437. The van der Waals surface area contributed by atoms with Crippen LogP contribution in [0.3, 0.4) is 0 Å². The standard InChI is InChI=1S/C11H13N3O4/c1-6(15)13-9-4-2-3-7(11(12)17)8(9)5-10(16)14-18/h2-4,18H,5H2,1H3,(H2,12,17)(H,13,15)(H,14,16). The number of nitrogens with one attached hydrogen (secondary N) is 2. The van der Waals surface area contributed by atoms with Gasteiger partial charge in [0.15, 0.2) is 0 Å². The molecule has 0 saturated carbocycles. The summed E-state index contributed by atoms with van der Waals surface area (Å²) < 4.78 is 0. The third-order valence-corrected chi connectivity index (χ3v) is 2.21. The summed E-state index contributed by atoms with van der Waals surface area (Å²) in [5.41, 5.74) is 7.32. The van der Waals surface area contributed by atoms with Crippen LogP contribution in [0.4, 0.5) is 5.69 Å². The van der Waals surface area contributed by atoms with Crippen LogP contribution in [0.15, 0.2) is 18.2 Å². The van der Waals surface area contributed by atoms with Crippen LogP contribution in [0, 0.1) is 0 Å². The average Bonchev–Trinajstić information content (AvgIpc) is 2.30. The van der Waals surface area contributed by atoms with Crippen molar-refractivity contribution in [1.29, 1.82) is 0 Å². The maximum atomic E-state index is 11.2. The Hall–Kier alpha value is -2.41. The fourth-order valence-corrected chi connectivity index (χ4v) is 1.51. The van der Waals surface area contributed by atoms with Crippen LogP contribution in [0.5, 0.6) is 0 Å². The SMILES string of the molecule is CC(=O)Nc1cccc(C(N)=O)c1CC(=O)NO. The van der Waals surface area contributed by atoms with Gasteiger partial charge in [-0.05, 0) is 17.7 Å². The molecule has 3 amide bonds. The summed E-state index contributed by atoms with van der Waals surface area (Å²) >= 11 is 0. The highest BCUT2D eigenvalue weighted by Crippen LogP contribution is 2.20. The number of hydrogen-bond acceptors (Lipinski definition) is 4. The van der Waals surface area contributed by atoms with Crippen molar-refractivity contribution in [1.82, 2.24) is 5.48 Å². The number of benzene rings is 1. The fraction of sp³-hybridized carbons (Fsp3) is 0.182. The second kappa shape index (κ2) is 5.78. The van der Waals surface area contributed by atoms with E-state index in [1.807, 2.05) is 0 Å². The van der Waals surface area contributed by atoms with E-state index < -0.39 is 11.8 Å². The van der Waals surface area contributed by atoms with Gasteiger partial charge in [0.1, 0.15) is 0 Å². The van der Waals surface area contributed by atoms with E-state index in [-0.39, 0.29) is 23.5 Å². The Labute approximate surface area is 103 Å². The third kappa shape index (κ3) is 3.29. The maximum Gasteiger partial charge on any atom is 0.249 e. The van der Waals surface area contributed by atoms with E-state index in [1.54, 1.807) is 0 Å². The number of hydrogen-bond donors (Lipinski definition) is 4. The topological polar surface area (TPSA) is 122 Å². The summed E-state index contributed by atoms with van der Waals surface area (Å²) in [5, 5.41) is 11.0. The predicted octanol–water partition coefficient (Wildman–Crippen LogP) is -0.208. The molecule has 0 fully saturated rings. The van der Waals surface area contributed by atoms with Crippen molar-refractivity contribution in [2.45, 2.75) is 13.3 Å². The smallest absolute Gasteiger partial charge is 0.249 e. The molecule has 0 heterocycles. The molecule has 7 heteroatoms. The molecule has 0 aromatic heterocycles.